The standard InChI is InChI=1S/C10H24N2O2S/c1-6-12(7-2)15(13,14)10(5)8-11-9(3)4/h9-11H,6-8H2,1-5H3. The predicted octanol–water partition coefficient (Wildman–Crippen LogP) is 1.04. The molecule has 0 rings (SSSR count). The zero-order valence-electron chi connectivity index (χ0n) is 10.4. The van der Waals surface area contributed by atoms with Crippen LogP contribution in [0.15, 0.2) is 0 Å². The van der Waals surface area contributed by atoms with Crippen LogP contribution >= 0.6 is 0 Å². The zero-order chi connectivity index (χ0) is 12.1. The minimum absolute atomic E-state index is 0.319. The lowest BCUT2D eigenvalue weighted by Crippen LogP contribution is -2.43. The van der Waals surface area contributed by atoms with Gasteiger partial charge in [0.2, 0.25) is 10.0 Å². The molecule has 0 amide bonds. The van der Waals surface area contributed by atoms with Gasteiger partial charge in [0.05, 0.1) is 5.25 Å². The number of sulfonamides is 1. The number of nitrogens with one attached hydrogen (secondary N) is 1. The monoisotopic (exact) mass is 236 g/mol. The van der Waals surface area contributed by atoms with Crippen LogP contribution in [0.1, 0.15) is 34.6 Å². The van der Waals surface area contributed by atoms with Gasteiger partial charge in [0, 0.05) is 25.7 Å². The third kappa shape index (κ3) is 4.49. The van der Waals surface area contributed by atoms with Gasteiger partial charge >= 0.3 is 0 Å². The molecule has 0 bridgehead atoms. The summed E-state index contributed by atoms with van der Waals surface area (Å²) in [5.41, 5.74) is 0. The van der Waals surface area contributed by atoms with Crippen molar-refractivity contribution in [2.45, 2.75) is 45.9 Å². The Hall–Kier alpha value is -0.130. The van der Waals surface area contributed by atoms with E-state index in [9.17, 15) is 8.42 Å². The lowest BCUT2D eigenvalue weighted by molar-refractivity contribution is 0.432. The van der Waals surface area contributed by atoms with Crippen molar-refractivity contribution < 1.29 is 8.42 Å². The molecule has 0 aromatic heterocycles. The highest BCUT2D eigenvalue weighted by molar-refractivity contribution is 7.89. The molecular formula is C10H24N2O2S. The normalized spacial score (nSPS) is 14.9. The first-order valence-electron chi connectivity index (χ1n) is 5.58. The Balaban J connectivity index is 4.44. The quantitative estimate of drug-likeness (QED) is 0.718. The molecule has 0 aromatic rings. The molecule has 0 fully saturated rings. The van der Waals surface area contributed by atoms with Crippen LogP contribution in [0.4, 0.5) is 0 Å². The van der Waals surface area contributed by atoms with Crippen molar-refractivity contribution in [1.29, 1.82) is 0 Å². The first-order valence-corrected chi connectivity index (χ1v) is 7.08. The summed E-state index contributed by atoms with van der Waals surface area (Å²) in [7, 11) is -3.13. The van der Waals surface area contributed by atoms with E-state index in [1.165, 1.54) is 4.31 Å². The van der Waals surface area contributed by atoms with Crippen LogP contribution in [0, 0.1) is 0 Å². The predicted molar refractivity (Wildman–Crippen MR) is 64.4 cm³/mol. The Morgan fingerprint density at radius 1 is 1.13 bits per heavy atom. The van der Waals surface area contributed by atoms with Crippen molar-refractivity contribution in [1.82, 2.24) is 9.62 Å². The minimum Gasteiger partial charge on any atom is -0.313 e. The van der Waals surface area contributed by atoms with Crippen molar-refractivity contribution in [3.8, 4) is 0 Å². The average Bonchev–Trinajstić information content (AvgIpc) is 2.15. The van der Waals surface area contributed by atoms with E-state index < -0.39 is 10.0 Å². The number of hydrogen-bond acceptors (Lipinski definition) is 3. The molecule has 0 saturated heterocycles. The molecule has 0 aliphatic rings. The highest BCUT2D eigenvalue weighted by Crippen LogP contribution is 2.07. The van der Waals surface area contributed by atoms with Gasteiger partial charge in [-0.05, 0) is 6.92 Å². The van der Waals surface area contributed by atoms with Gasteiger partial charge in [-0.25, -0.2) is 12.7 Å². The number of nitrogens with zero attached hydrogens (tertiary/aromatic N) is 1. The zero-order valence-corrected chi connectivity index (χ0v) is 11.3. The van der Waals surface area contributed by atoms with E-state index in [4.69, 9.17) is 0 Å². The summed E-state index contributed by atoms with van der Waals surface area (Å²) in [6.45, 7) is 11.1. The highest BCUT2D eigenvalue weighted by atomic mass is 32.2. The number of hydrogen-bond donors (Lipinski definition) is 1. The molecule has 0 spiro atoms. The SMILES string of the molecule is CCN(CC)S(=O)(=O)C(C)CNC(C)C. The second-order valence-electron chi connectivity index (χ2n) is 4.00. The molecule has 1 unspecified atom stereocenters. The average molecular weight is 236 g/mol. The summed E-state index contributed by atoms with van der Waals surface area (Å²) in [6.07, 6.45) is 0. The summed E-state index contributed by atoms with van der Waals surface area (Å²) in [5.74, 6) is 0. The van der Waals surface area contributed by atoms with Crippen LogP contribution in [0.5, 0.6) is 0 Å². The Morgan fingerprint density at radius 2 is 1.60 bits per heavy atom. The van der Waals surface area contributed by atoms with E-state index >= 15 is 0 Å². The lowest BCUT2D eigenvalue weighted by Gasteiger charge is -2.24. The van der Waals surface area contributed by atoms with Gasteiger partial charge in [0.1, 0.15) is 0 Å². The van der Waals surface area contributed by atoms with Gasteiger partial charge < -0.3 is 5.32 Å². The van der Waals surface area contributed by atoms with Crippen molar-refractivity contribution >= 4 is 10.0 Å². The van der Waals surface area contributed by atoms with Crippen LogP contribution < -0.4 is 5.32 Å². The summed E-state index contributed by atoms with van der Waals surface area (Å²) < 4.78 is 25.5. The van der Waals surface area contributed by atoms with Gasteiger partial charge in [-0.2, -0.15) is 0 Å². The smallest absolute Gasteiger partial charge is 0.217 e. The lowest BCUT2D eigenvalue weighted by atomic mass is 10.3. The van der Waals surface area contributed by atoms with Gasteiger partial charge in [0.25, 0.3) is 0 Å². The molecule has 15 heavy (non-hydrogen) atoms. The largest absolute Gasteiger partial charge is 0.313 e. The first kappa shape index (κ1) is 14.9. The topological polar surface area (TPSA) is 49.4 Å². The maximum Gasteiger partial charge on any atom is 0.217 e. The summed E-state index contributed by atoms with van der Waals surface area (Å²) in [5, 5.41) is 2.79. The van der Waals surface area contributed by atoms with E-state index in [-0.39, 0.29) is 5.25 Å². The fraction of sp³-hybridized carbons (Fsp3) is 1.00. The number of rotatable bonds is 7. The molecular weight excluding hydrogens is 212 g/mol. The molecule has 0 heterocycles. The Morgan fingerprint density at radius 3 is 1.93 bits per heavy atom. The van der Waals surface area contributed by atoms with Gasteiger partial charge in [-0.3, -0.25) is 0 Å². The van der Waals surface area contributed by atoms with Gasteiger partial charge in [-0.1, -0.05) is 27.7 Å². The molecule has 0 aliphatic heterocycles. The van der Waals surface area contributed by atoms with E-state index in [1.54, 1.807) is 6.92 Å². The fourth-order valence-corrected chi connectivity index (χ4v) is 2.88. The van der Waals surface area contributed by atoms with Crippen LogP contribution in [0.2, 0.25) is 0 Å². The molecule has 0 saturated carbocycles. The van der Waals surface area contributed by atoms with Crippen molar-refractivity contribution in [2.24, 2.45) is 0 Å². The summed E-state index contributed by atoms with van der Waals surface area (Å²) >= 11 is 0. The van der Waals surface area contributed by atoms with Crippen molar-refractivity contribution in [2.75, 3.05) is 19.6 Å². The summed E-state index contributed by atoms with van der Waals surface area (Å²) in [6, 6.07) is 0.319. The maximum atomic E-state index is 12.0. The molecule has 1 atom stereocenters. The minimum atomic E-state index is -3.13. The third-order valence-corrected chi connectivity index (χ3v) is 4.81. The Kier molecular flexibility index (Phi) is 6.40. The Labute approximate surface area is 94.1 Å². The van der Waals surface area contributed by atoms with Gasteiger partial charge in [0.15, 0.2) is 0 Å². The van der Waals surface area contributed by atoms with E-state index in [1.807, 2.05) is 27.7 Å². The Bertz CT molecular complexity index is 259. The van der Waals surface area contributed by atoms with Crippen molar-refractivity contribution in [3.05, 3.63) is 0 Å². The van der Waals surface area contributed by atoms with E-state index in [0.717, 1.165) is 0 Å². The summed E-state index contributed by atoms with van der Waals surface area (Å²) in [4.78, 5) is 0. The second-order valence-corrected chi connectivity index (χ2v) is 6.35. The molecule has 4 nitrogen and oxygen atoms in total. The highest BCUT2D eigenvalue weighted by Gasteiger charge is 2.26. The van der Waals surface area contributed by atoms with E-state index in [2.05, 4.69) is 5.32 Å². The van der Waals surface area contributed by atoms with Crippen LogP contribution in [0.25, 0.3) is 0 Å². The molecule has 92 valence electrons. The molecule has 0 aromatic carbocycles. The first-order chi connectivity index (χ1) is 6.86. The van der Waals surface area contributed by atoms with E-state index in [0.29, 0.717) is 25.7 Å². The van der Waals surface area contributed by atoms with Gasteiger partial charge in [-0.15, -0.1) is 0 Å². The molecule has 0 radical (unpaired) electrons. The molecule has 0 aliphatic carbocycles. The molecule has 5 heteroatoms. The third-order valence-electron chi connectivity index (χ3n) is 2.39. The van der Waals surface area contributed by atoms with Crippen LogP contribution in [0.3, 0.4) is 0 Å². The fourth-order valence-electron chi connectivity index (χ4n) is 1.34. The second kappa shape index (κ2) is 6.45. The van der Waals surface area contributed by atoms with Crippen LogP contribution in [-0.4, -0.2) is 43.6 Å². The van der Waals surface area contributed by atoms with Crippen LogP contribution in [-0.2, 0) is 10.0 Å². The van der Waals surface area contributed by atoms with Crippen molar-refractivity contribution in [3.63, 3.8) is 0 Å². The molecule has 1 N–H and O–H groups in total. The maximum absolute atomic E-state index is 12.0.